The zero-order chi connectivity index (χ0) is 33.9. The van der Waals surface area contributed by atoms with Gasteiger partial charge in [-0.1, -0.05) is 25.0 Å². The Hall–Kier alpha value is -3.08. The van der Waals surface area contributed by atoms with Crippen LogP contribution in [0.4, 0.5) is 9.59 Å². The Balaban J connectivity index is 0.000000348. The van der Waals surface area contributed by atoms with E-state index in [0.29, 0.717) is 26.2 Å². The van der Waals surface area contributed by atoms with E-state index >= 15 is 0 Å². The van der Waals surface area contributed by atoms with Gasteiger partial charge in [0.15, 0.2) is 0 Å². The second-order valence-corrected chi connectivity index (χ2v) is 13.5. The van der Waals surface area contributed by atoms with Crippen LogP contribution in [0.1, 0.15) is 93.9 Å². The standard InChI is InChI=1S/C14H24N2O3.C11H21NO2.C9H16N2O/c1-5-7-12(17)15-8-6-9-16(11-10-15)13(18)19-14(2,3)4;1-11(2,3)14-10(13)12-8-6-4-5-7-9-12;1-2-4-9(12)11-7-3-5-10-6-8-11/h5,7H,6,8-11H2,1-4H3;4-9H2,1-3H3;2,4,10H,3,5-8H2,1H3/b7-5+;;4-2+. The topological polar surface area (TPSA) is 112 Å². The highest BCUT2D eigenvalue weighted by Crippen LogP contribution is 2.15. The van der Waals surface area contributed by atoms with Crippen molar-refractivity contribution in [2.75, 3.05) is 65.4 Å². The third-order valence-electron chi connectivity index (χ3n) is 6.99. The second kappa shape index (κ2) is 20.9. The van der Waals surface area contributed by atoms with Gasteiger partial charge in [-0.2, -0.15) is 0 Å². The van der Waals surface area contributed by atoms with Crippen LogP contribution >= 0.6 is 0 Å². The van der Waals surface area contributed by atoms with Gasteiger partial charge in [0.2, 0.25) is 11.8 Å². The lowest BCUT2D eigenvalue weighted by molar-refractivity contribution is -0.126. The molecule has 0 saturated carbocycles. The lowest BCUT2D eigenvalue weighted by Gasteiger charge is -2.26. The zero-order valence-corrected chi connectivity index (χ0v) is 29.4. The highest BCUT2D eigenvalue weighted by atomic mass is 16.6. The minimum Gasteiger partial charge on any atom is -0.444 e. The fourth-order valence-corrected chi connectivity index (χ4v) is 4.79. The van der Waals surface area contributed by atoms with Crippen molar-refractivity contribution in [2.24, 2.45) is 0 Å². The summed E-state index contributed by atoms with van der Waals surface area (Å²) in [5, 5.41) is 3.26. The maximum atomic E-state index is 12.0. The summed E-state index contributed by atoms with van der Waals surface area (Å²) in [6, 6.07) is 0. The smallest absolute Gasteiger partial charge is 0.410 e. The minimum atomic E-state index is -0.482. The van der Waals surface area contributed by atoms with Gasteiger partial charge < -0.3 is 34.4 Å². The van der Waals surface area contributed by atoms with Crippen LogP contribution in [0.2, 0.25) is 0 Å². The summed E-state index contributed by atoms with van der Waals surface area (Å²) in [4.78, 5) is 53.9. The molecule has 3 saturated heterocycles. The first-order valence-electron chi connectivity index (χ1n) is 16.7. The summed E-state index contributed by atoms with van der Waals surface area (Å²) in [6.45, 7) is 22.7. The van der Waals surface area contributed by atoms with Crippen molar-refractivity contribution in [3.05, 3.63) is 24.3 Å². The first kappa shape index (κ1) is 39.9. The van der Waals surface area contributed by atoms with E-state index in [1.165, 1.54) is 12.8 Å². The molecule has 0 aromatic carbocycles. The molecule has 3 heterocycles. The van der Waals surface area contributed by atoms with E-state index in [9.17, 15) is 19.2 Å². The van der Waals surface area contributed by atoms with Crippen molar-refractivity contribution < 1.29 is 28.7 Å². The summed E-state index contributed by atoms with van der Waals surface area (Å²) in [5.41, 5.74) is -0.854. The lowest BCUT2D eigenvalue weighted by atomic mass is 10.2. The van der Waals surface area contributed by atoms with Crippen LogP contribution in [-0.2, 0) is 19.1 Å². The number of rotatable bonds is 2. The molecule has 0 unspecified atom stereocenters. The third kappa shape index (κ3) is 18.5. The first-order valence-corrected chi connectivity index (χ1v) is 16.7. The van der Waals surface area contributed by atoms with Crippen molar-refractivity contribution >= 4 is 24.0 Å². The highest BCUT2D eigenvalue weighted by Gasteiger charge is 2.25. The summed E-state index contributed by atoms with van der Waals surface area (Å²) in [6.07, 6.45) is 12.8. The van der Waals surface area contributed by atoms with Gasteiger partial charge in [-0.25, -0.2) is 9.59 Å². The SMILES string of the molecule is C/C=C/C(=O)N1CCCN(C(=O)OC(C)(C)C)CC1.C/C=C/C(=O)N1CCCNCC1.CC(C)(C)OC(=O)N1CCCCCC1. The normalized spacial score (nSPS) is 18.5. The molecule has 3 fully saturated rings. The zero-order valence-electron chi connectivity index (χ0n) is 29.4. The van der Waals surface area contributed by atoms with E-state index in [0.717, 1.165) is 65.0 Å². The first-order chi connectivity index (χ1) is 21.2. The van der Waals surface area contributed by atoms with Crippen LogP contribution in [0.5, 0.6) is 0 Å². The number of hydrogen-bond acceptors (Lipinski definition) is 7. The van der Waals surface area contributed by atoms with Gasteiger partial charge in [-0.3, -0.25) is 9.59 Å². The summed E-state index contributed by atoms with van der Waals surface area (Å²) >= 11 is 0. The summed E-state index contributed by atoms with van der Waals surface area (Å²) in [5.74, 6) is 0.148. The maximum absolute atomic E-state index is 12.0. The Morgan fingerprint density at radius 3 is 1.40 bits per heavy atom. The van der Waals surface area contributed by atoms with Gasteiger partial charge in [0.25, 0.3) is 0 Å². The molecule has 258 valence electrons. The van der Waals surface area contributed by atoms with Crippen LogP contribution in [0.3, 0.4) is 0 Å². The number of amides is 4. The molecular formula is C34H61N5O6. The van der Waals surface area contributed by atoms with Crippen molar-refractivity contribution in [3.63, 3.8) is 0 Å². The molecule has 1 N–H and O–H groups in total. The molecule has 0 aromatic rings. The number of carbonyl (C=O) groups is 4. The average molecular weight is 636 g/mol. The number of nitrogens with zero attached hydrogens (tertiary/aromatic N) is 4. The minimum absolute atomic E-state index is 0.00791. The Morgan fingerprint density at radius 1 is 0.511 bits per heavy atom. The van der Waals surface area contributed by atoms with E-state index in [2.05, 4.69) is 5.32 Å². The van der Waals surface area contributed by atoms with E-state index in [1.54, 1.807) is 34.1 Å². The van der Waals surface area contributed by atoms with Crippen molar-refractivity contribution in [1.29, 1.82) is 0 Å². The maximum Gasteiger partial charge on any atom is 0.410 e. The van der Waals surface area contributed by atoms with Crippen LogP contribution in [0.15, 0.2) is 24.3 Å². The Kier molecular flexibility index (Phi) is 18.5. The number of nitrogens with one attached hydrogen (secondary N) is 1. The number of allylic oxidation sites excluding steroid dienone is 2. The molecule has 0 radical (unpaired) electrons. The number of carbonyl (C=O) groups excluding carboxylic acids is 4. The van der Waals surface area contributed by atoms with Crippen molar-refractivity contribution in [2.45, 2.75) is 105 Å². The highest BCUT2D eigenvalue weighted by molar-refractivity contribution is 5.88. The molecule has 11 nitrogen and oxygen atoms in total. The molecule has 0 atom stereocenters. The van der Waals surface area contributed by atoms with E-state index in [4.69, 9.17) is 9.47 Å². The van der Waals surface area contributed by atoms with Crippen LogP contribution in [0, 0.1) is 0 Å². The molecule has 0 aromatic heterocycles. The van der Waals surface area contributed by atoms with Gasteiger partial charge in [0, 0.05) is 58.9 Å². The number of ether oxygens (including phenoxy) is 2. The van der Waals surface area contributed by atoms with Gasteiger partial charge in [-0.05, 0) is 99.8 Å². The van der Waals surface area contributed by atoms with Gasteiger partial charge >= 0.3 is 12.2 Å². The number of likely N-dealkylation sites (tertiary alicyclic amines) is 1. The monoisotopic (exact) mass is 635 g/mol. The summed E-state index contributed by atoms with van der Waals surface area (Å²) in [7, 11) is 0. The molecule has 4 amide bonds. The Morgan fingerprint density at radius 2 is 0.911 bits per heavy atom. The molecule has 0 spiro atoms. The summed E-state index contributed by atoms with van der Waals surface area (Å²) < 4.78 is 10.7. The molecule has 0 aliphatic carbocycles. The molecule has 0 bridgehead atoms. The van der Waals surface area contributed by atoms with Gasteiger partial charge in [-0.15, -0.1) is 0 Å². The molecule has 11 heteroatoms. The lowest BCUT2D eigenvalue weighted by Crippen LogP contribution is -2.39. The Labute approximate surface area is 272 Å². The quantitative estimate of drug-likeness (QED) is 0.415. The Bertz CT molecular complexity index is 953. The van der Waals surface area contributed by atoms with E-state index < -0.39 is 5.60 Å². The van der Waals surface area contributed by atoms with Gasteiger partial charge in [0.1, 0.15) is 11.2 Å². The second-order valence-electron chi connectivity index (χ2n) is 13.5. The molecule has 3 aliphatic rings. The molecule has 3 rings (SSSR count). The molecule has 3 aliphatic heterocycles. The van der Waals surface area contributed by atoms with E-state index in [1.807, 2.05) is 65.2 Å². The van der Waals surface area contributed by atoms with E-state index in [-0.39, 0.29) is 29.6 Å². The van der Waals surface area contributed by atoms with Gasteiger partial charge in [0.05, 0.1) is 0 Å². The molecule has 45 heavy (non-hydrogen) atoms. The van der Waals surface area contributed by atoms with Crippen molar-refractivity contribution in [1.82, 2.24) is 24.9 Å². The van der Waals surface area contributed by atoms with Crippen LogP contribution < -0.4 is 5.32 Å². The van der Waals surface area contributed by atoms with Crippen LogP contribution in [0.25, 0.3) is 0 Å². The predicted molar refractivity (Wildman–Crippen MR) is 179 cm³/mol. The molecular weight excluding hydrogens is 574 g/mol. The predicted octanol–water partition coefficient (Wildman–Crippen LogP) is 5.21. The number of hydrogen-bond donors (Lipinski definition) is 1. The third-order valence-corrected chi connectivity index (χ3v) is 6.99. The fraction of sp³-hybridized carbons (Fsp3) is 0.765. The van der Waals surface area contributed by atoms with Crippen molar-refractivity contribution in [3.8, 4) is 0 Å². The average Bonchev–Trinajstić information content (AvgIpc) is 3.48. The fourth-order valence-electron chi connectivity index (χ4n) is 4.79. The largest absolute Gasteiger partial charge is 0.444 e. The van der Waals surface area contributed by atoms with Crippen LogP contribution in [-0.4, -0.2) is 120 Å².